The van der Waals surface area contributed by atoms with Gasteiger partial charge in [0.1, 0.15) is 5.69 Å². The first-order chi connectivity index (χ1) is 10.8. The number of hydrogen-bond acceptors (Lipinski definition) is 5. The number of thiophene rings is 1. The molecule has 0 spiro atoms. The average Bonchev–Trinajstić information content (AvgIpc) is 3.02. The molecular weight excluding hydrogens is 296 g/mol. The maximum absolute atomic E-state index is 5.47. The van der Waals surface area contributed by atoms with E-state index in [4.69, 9.17) is 4.74 Å². The Labute approximate surface area is 134 Å². The summed E-state index contributed by atoms with van der Waals surface area (Å²) in [5.41, 5.74) is 3.83. The van der Waals surface area contributed by atoms with Gasteiger partial charge >= 0.3 is 0 Å². The highest BCUT2D eigenvalue weighted by Crippen LogP contribution is 2.34. The molecule has 5 nitrogen and oxygen atoms in total. The number of hydrogen-bond donors (Lipinski definition) is 0. The molecule has 2 aromatic rings. The molecule has 3 heterocycles. The van der Waals surface area contributed by atoms with Crippen LogP contribution in [0.2, 0.25) is 0 Å². The summed E-state index contributed by atoms with van der Waals surface area (Å²) in [6.07, 6.45) is 3.74. The molecule has 2 aliphatic rings. The third-order valence-electron chi connectivity index (χ3n) is 4.68. The molecule has 118 valence electrons. The zero-order chi connectivity index (χ0) is 14.9. The Balaban J connectivity index is 1.57. The number of ether oxygens (including phenoxy) is 1. The zero-order valence-corrected chi connectivity index (χ0v) is 13.8. The average molecular weight is 318 g/mol. The molecule has 22 heavy (non-hydrogen) atoms. The molecule has 1 atom stereocenters. The van der Waals surface area contributed by atoms with E-state index in [1.165, 1.54) is 24.1 Å². The molecule has 6 heteroatoms. The number of fused-ring (bicyclic) bond motifs is 1. The lowest BCUT2D eigenvalue weighted by atomic mass is 10.0. The van der Waals surface area contributed by atoms with Crippen LogP contribution in [0.25, 0.3) is 0 Å². The number of nitrogens with zero attached hydrogens (tertiary/aromatic N) is 4. The lowest BCUT2D eigenvalue weighted by Crippen LogP contribution is -2.38. The quantitative estimate of drug-likeness (QED) is 0.821. The summed E-state index contributed by atoms with van der Waals surface area (Å²) in [6.45, 7) is 3.74. The van der Waals surface area contributed by atoms with Crippen molar-refractivity contribution < 1.29 is 4.74 Å². The van der Waals surface area contributed by atoms with E-state index < -0.39 is 0 Å². The van der Waals surface area contributed by atoms with Crippen LogP contribution in [-0.4, -0.2) is 40.2 Å². The Hall–Kier alpha value is -1.24. The van der Waals surface area contributed by atoms with Gasteiger partial charge in [-0.15, -0.1) is 5.10 Å². The molecule has 1 aliphatic carbocycles. The molecule has 0 amide bonds. The summed E-state index contributed by atoms with van der Waals surface area (Å²) in [5, 5.41) is 13.3. The minimum Gasteiger partial charge on any atom is -0.383 e. The van der Waals surface area contributed by atoms with Crippen molar-refractivity contribution in [3.8, 4) is 0 Å². The number of methoxy groups -OCH3 is 1. The molecule has 0 radical (unpaired) electrons. The van der Waals surface area contributed by atoms with Crippen molar-refractivity contribution in [2.45, 2.75) is 38.4 Å². The maximum atomic E-state index is 5.47. The Bertz CT molecular complexity index is 620. The second-order valence-corrected chi connectivity index (χ2v) is 7.15. The standard InChI is InChI=1S/C16H22N4OS/c1-21-10-15-16-14(20(18-17-16)9-12-2-3-12)4-6-19(15)8-13-5-7-22-11-13/h5,7,11-12,15H,2-4,6,8-10H2,1H3/t15-/m0/s1. The predicted octanol–water partition coefficient (Wildman–Crippen LogP) is 2.50. The number of aromatic nitrogens is 3. The van der Waals surface area contributed by atoms with Crippen molar-refractivity contribution >= 4 is 11.3 Å². The molecular formula is C16H22N4OS. The lowest BCUT2D eigenvalue weighted by molar-refractivity contribution is 0.0750. The van der Waals surface area contributed by atoms with Crippen molar-refractivity contribution in [3.63, 3.8) is 0 Å². The van der Waals surface area contributed by atoms with Crippen LogP contribution in [0.5, 0.6) is 0 Å². The van der Waals surface area contributed by atoms with Crippen LogP contribution >= 0.6 is 11.3 Å². The Kier molecular flexibility index (Phi) is 3.98. The van der Waals surface area contributed by atoms with E-state index in [1.807, 2.05) is 0 Å². The number of rotatable bonds is 6. The molecule has 1 aliphatic heterocycles. The molecule has 0 aromatic carbocycles. The van der Waals surface area contributed by atoms with Crippen molar-refractivity contribution in [3.05, 3.63) is 33.8 Å². The molecule has 1 saturated carbocycles. The zero-order valence-electron chi connectivity index (χ0n) is 12.9. The highest BCUT2D eigenvalue weighted by molar-refractivity contribution is 7.07. The van der Waals surface area contributed by atoms with Gasteiger partial charge in [-0.1, -0.05) is 5.21 Å². The fourth-order valence-corrected chi connectivity index (χ4v) is 3.94. The van der Waals surface area contributed by atoms with Crippen molar-refractivity contribution in [1.29, 1.82) is 0 Å². The van der Waals surface area contributed by atoms with E-state index in [-0.39, 0.29) is 6.04 Å². The normalized spacial score (nSPS) is 22.0. The first-order valence-corrected chi connectivity index (χ1v) is 8.95. The second kappa shape index (κ2) is 6.10. The van der Waals surface area contributed by atoms with Gasteiger partial charge in [0, 0.05) is 33.2 Å². The van der Waals surface area contributed by atoms with E-state index in [0.717, 1.165) is 37.7 Å². The van der Waals surface area contributed by atoms with Gasteiger partial charge in [-0.05, 0) is 41.1 Å². The molecule has 1 fully saturated rings. The van der Waals surface area contributed by atoms with Gasteiger partial charge in [0.2, 0.25) is 0 Å². The fourth-order valence-electron chi connectivity index (χ4n) is 3.28. The van der Waals surface area contributed by atoms with Crippen LogP contribution in [0.4, 0.5) is 0 Å². The minimum atomic E-state index is 0.224. The van der Waals surface area contributed by atoms with E-state index in [9.17, 15) is 0 Å². The van der Waals surface area contributed by atoms with Gasteiger partial charge in [0.05, 0.1) is 18.3 Å². The van der Waals surface area contributed by atoms with Gasteiger partial charge in [-0.25, -0.2) is 4.68 Å². The molecule has 0 bridgehead atoms. The molecule has 0 N–H and O–H groups in total. The molecule has 0 saturated heterocycles. The summed E-state index contributed by atoms with van der Waals surface area (Å²) in [4.78, 5) is 2.48. The summed E-state index contributed by atoms with van der Waals surface area (Å²) in [7, 11) is 1.77. The van der Waals surface area contributed by atoms with E-state index in [0.29, 0.717) is 6.61 Å². The Morgan fingerprint density at radius 3 is 3.05 bits per heavy atom. The van der Waals surface area contributed by atoms with Gasteiger partial charge < -0.3 is 4.74 Å². The first-order valence-electron chi connectivity index (χ1n) is 8.01. The highest BCUT2D eigenvalue weighted by Gasteiger charge is 2.33. The predicted molar refractivity (Wildman–Crippen MR) is 85.8 cm³/mol. The van der Waals surface area contributed by atoms with Crippen molar-refractivity contribution in [1.82, 2.24) is 19.9 Å². The topological polar surface area (TPSA) is 43.2 Å². The first kappa shape index (κ1) is 14.4. The lowest BCUT2D eigenvalue weighted by Gasteiger charge is -2.34. The van der Waals surface area contributed by atoms with Crippen LogP contribution in [0, 0.1) is 5.92 Å². The molecule has 4 rings (SSSR count). The van der Waals surface area contributed by atoms with Crippen LogP contribution in [-0.2, 0) is 24.2 Å². The van der Waals surface area contributed by atoms with Crippen LogP contribution in [0.1, 0.15) is 35.8 Å². The van der Waals surface area contributed by atoms with E-state index >= 15 is 0 Å². The van der Waals surface area contributed by atoms with Gasteiger partial charge in [0.15, 0.2) is 0 Å². The van der Waals surface area contributed by atoms with Gasteiger partial charge in [-0.2, -0.15) is 11.3 Å². The summed E-state index contributed by atoms with van der Waals surface area (Å²) in [5.74, 6) is 0.829. The van der Waals surface area contributed by atoms with Crippen molar-refractivity contribution in [2.24, 2.45) is 5.92 Å². The van der Waals surface area contributed by atoms with Crippen molar-refractivity contribution in [2.75, 3.05) is 20.3 Å². The fraction of sp³-hybridized carbons (Fsp3) is 0.625. The third kappa shape index (κ3) is 2.83. The molecule has 2 aromatic heterocycles. The SMILES string of the molecule is COC[C@H]1c2nnn(CC3CC3)c2CCN1Cc1ccsc1. The van der Waals surface area contributed by atoms with Crippen LogP contribution in [0.15, 0.2) is 16.8 Å². The summed E-state index contributed by atoms with van der Waals surface area (Å²) >= 11 is 1.76. The highest BCUT2D eigenvalue weighted by atomic mass is 32.1. The van der Waals surface area contributed by atoms with E-state index in [2.05, 4.69) is 36.7 Å². The minimum absolute atomic E-state index is 0.224. The van der Waals surface area contributed by atoms with Gasteiger partial charge in [0.25, 0.3) is 0 Å². The Morgan fingerprint density at radius 1 is 1.41 bits per heavy atom. The summed E-state index contributed by atoms with van der Waals surface area (Å²) < 4.78 is 7.62. The maximum Gasteiger partial charge on any atom is 0.105 e. The Morgan fingerprint density at radius 2 is 2.32 bits per heavy atom. The second-order valence-electron chi connectivity index (χ2n) is 6.37. The molecule has 0 unspecified atom stereocenters. The largest absolute Gasteiger partial charge is 0.383 e. The summed E-state index contributed by atoms with van der Waals surface area (Å²) in [6, 6.07) is 2.43. The third-order valence-corrected chi connectivity index (χ3v) is 5.41. The van der Waals surface area contributed by atoms with E-state index in [1.54, 1.807) is 18.4 Å². The monoisotopic (exact) mass is 318 g/mol. The van der Waals surface area contributed by atoms with Gasteiger partial charge in [-0.3, -0.25) is 4.90 Å². The smallest absolute Gasteiger partial charge is 0.105 e. The van der Waals surface area contributed by atoms with Crippen LogP contribution < -0.4 is 0 Å². The van der Waals surface area contributed by atoms with Crippen LogP contribution in [0.3, 0.4) is 0 Å².